The first-order chi connectivity index (χ1) is 11.6. The minimum absolute atomic E-state index is 0. The summed E-state index contributed by atoms with van der Waals surface area (Å²) in [7, 11) is 0. The number of carboxylic acids is 6. The molecule has 30 heavy (non-hydrogen) atoms. The van der Waals surface area contributed by atoms with E-state index in [0.717, 1.165) is 0 Å². The molecule has 0 heterocycles. The molecule has 0 amide bonds. The van der Waals surface area contributed by atoms with E-state index in [1.165, 1.54) is 0 Å². The van der Waals surface area contributed by atoms with Crippen LogP contribution in [0.5, 0.6) is 0 Å². The van der Waals surface area contributed by atoms with Crippen LogP contribution >= 0.6 is 0 Å². The van der Waals surface area contributed by atoms with Gasteiger partial charge in [0.05, 0.1) is 12.4 Å². The Morgan fingerprint density at radius 3 is 1.00 bits per heavy atom. The van der Waals surface area contributed by atoms with E-state index < -0.39 is 72.7 Å². The molecule has 0 aromatic rings. The second-order valence-electron chi connectivity index (χ2n) is 4.87. The highest BCUT2D eigenvalue weighted by molar-refractivity contribution is 5.87. The minimum atomic E-state index is -2.97. The third kappa shape index (κ3) is 16.7. The zero-order valence-corrected chi connectivity index (χ0v) is 16.7. The fourth-order valence-corrected chi connectivity index (χ4v) is 1.39. The lowest BCUT2D eigenvalue weighted by Crippen LogP contribution is -2.54. The molecule has 20 N–H and O–H groups in total. The van der Waals surface area contributed by atoms with Gasteiger partial charge < -0.3 is 84.6 Å². The lowest BCUT2D eigenvalue weighted by atomic mass is 9.96. The molecule has 180 valence electrons. The van der Waals surface area contributed by atoms with Gasteiger partial charge in [-0.3, -0.25) is 4.79 Å². The van der Waals surface area contributed by atoms with Gasteiger partial charge in [0.2, 0.25) is 0 Å². The van der Waals surface area contributed by atoms with Crippen LogP contribution in [0.3, 0.4) is 0 Å². The molecule has 0 aromatic carbocycles. The largest absolute Gasteiger partial charge is 0.550 e. The fraction of sp³-hybridized carbons (Fsp3) is 0.500. The number of carbonyl (C=O) groups is 6. The monoisotopic (exact) mass is 452 g/mol. The van der Waals surface area contributed by atoms with Gasteiger partial charge in [-0.25, -0.2) is 4.79 Å². The summed E-state index contributed by atoms with van der Waals surface area (Å²) < 4.78 is 0. The first kappa shape index (κ1) is 41.1. The molecular weight excluding hydrogens is 424 g/mol. The minimum Gasteiger partial charge on any atom is -0.550 e. The van der Waals surface area contributed by atoms with Gasteiger partial charge in [-0.1, -0.05) is 0 Å². The van der Waals surface area contributed by atoms with Crippen LogP contribution in [0.15, 0.2) is 0 Å². The summed E-state index contributed by atoms with van der Waals surface area (Å²) >= 11 is 0. The van der Waals surface area contributed by atoms with Gasteiger partial charge in [0.1, 0.15) is 5.60 Å². The fourth-order valence-electron chi connectivity index (χ4n) is 1.39. The Morgan fingerprint density at radius 1 is 0.567 bits per heavy atom. The molecule has 0 bridgehead atoms. The Kier molecular flexibility index (Phi) is 22.6. The van der Waals surface area contributed by atoms with Crippen LogP contribution in [0.1, 0.15) is 25.7 Å². The molecule has 0 saturated carbocycles. The molecule has 18 heteroatoms. The van der Waals surface area contributed by atoms with Crippen molar-refractivity contribution >= 4 is 35.8 Å². The molecule has 1 unspecified atom stereocenters. The standard InChI is InChI=1S/2C6H8O7.4H3N/c2*7-3(8)1-6(13,5(11)12)2-4(9)10;;;;/h2*13H,1-2H2,(H,7,8)(H,9,10)(H,11,12);4*1H3. The van der Waals surface area contributed by atoms with E-state index >= 15 is 0 Å². The van der Waals surface area contributed by atoms with E-state index in [1.54, 1.807) is 0 Å². The molecule has 0 aliphatic rings. The van der Waals surface area contributed by atoms with E-state index in [4.69, 9.17) is 20.4 Å². The molecule has 0 aliphatic carbocycles. The van der Waals surface area contributed by atoms with Gasteiger partial charge in [0.25, 0.3) is 0 Å². The summed E-state index contributed by atoms with van der Waals surface area (Å²) in [4.78, 5) is 60.3. The second-order valence-corrected chi connectivity index (χ2v) is 4.87. The van der Waals surface area contributed by atoms with Gasteiger partial charge in [-0.15, -0.1) is 0 Å². The Morgan fingerprint density at radius 2 is 0.833 bits per heavy atom. The quantitative estimate of drug-likeness (QED) is 0.153. The number of hydrogen-bond acceptors (Lipinski definition) is 12. The zero-order chi connectivity index (χ0) is 21.3. The van der Waals surface area contributed by atoms with Crippen LogP contribution in [0.25, 0.3) is 0 Å². The molecule has 1 atom stereocenters. The predicted molar refractivity (Wildman–Crippen MR) is 87.6 cm³/mol. The van der Waals surface area contributed by atoms with Gasteiger partial charge in [-0.2, -0.15) is 0 Å². The summed E-state index contributed by atoms with van der Waals surface area (Å²) in [5.41, 5.74) is -5.78. The third-order valence-corrected chi connectivity index (χ3v) is 2.53. The summed E-state index contributed by atoms with van der Waals surface area (Å²) in [5.74, 6) is -11.3. The Balaban J connectivity index is -0.0000000847. The van der Waals surface area contributed by atoms with E-state index in [0.29, 0.717) is 0 Å². The summed E-state index contributed by atoms with van der Waals surface area (Å²) in [6.45, 7) is 0. The van der Waals surface area contributed by atoms with Crippen molar-refractivity contribution in [2.45, 2.75) is 36.9 Å². The number of carbonyl (C=O) groups excluding carboxylic acids is 4. The SMILES string of the molecule is O=C([O-])CC(O)(CC(=O)O)C(=O)O.O=C([O-])CC(O)(CC(=O)[O-])C(=O)[O-].[NH4+].[NH4+].[NH4+].[NH4+]. The van der Waals surface area contributed by atoms with Crippen molar-refractivity contribution in [2.75, 3.05) is 0 Å². The van der Waals surface area contributed by atoms with Crippen LogP contribution in [0.2, 0.25) is 0 Å². The molecule has 18 nitrogen and oxygen atoms in total. The lowest BCUT2D eigenvalue weighted by Gasteiger charge is -2.29. The molecule has 0 saturated heterocycles. The maximum atomic E-state index is 10.3. The lowest BCUT2D eigenvalue weighted by molar-refractivity contribution is -0.339. The van der Waals surface area contributed by atoms with E-state index in [-0.39, 0.29) is 24.6 Å². The smallest absolute Gasteiger partial charge is 0.336 e. The van der Waals surface area contributed by atoms with Crippen LogP contribution in [0, 0.1) is 0 Å². The number of rotatable bonds is 10. The van der Waals surface area contributed by atoms with Crippen molar-refractivity contribution in [1.29, 1.82) is 0 Å². The number of aliphatic carboxylic acids is 6. The Labute approximate surface area is 168 Å². The van der Waals surface area contributed by atoms with E-state index in [9.17, 15) is 49.2 Å². The van der Waals surface area contributed by atoms with Crippen LogP contribution in [0.4, 0.5) is 0 Å². The van der Waals surface area contributed by atoms with E-state index in [1.807, 2.05) is 0 Å². The van der Waals surface area contributed by atoms with Crippen molar-refractivity contribution in [2.24, 2.45) is 0 Å². The molecule has 0 fully saturated rings. The van der Waals surface area contributed by atoms with Gasteiger partial charge in [-0.05, 0) is 0 Å². The van der Waals surface area contributed by atoms with Gasteiger partial charge >= 0.3 is 11.9 Å². The third-order valence-electron chi connectivity index (χ3n) is 2.53. The summed E-state index contributed by atoms with van der Waals surface area (Å²) in [6, 6.07) is 0. The molecule has 0 rings (SSSR count). The van der Waals surface area contributed by atoms with Crippen LogP contribution in [-0.2, 0) is 28.8 Å². The van der Waals surface area contributed by atoms with Crippen molar-refractivity contribution in [3.8, 4) is 0 Å². The average Bonchev–Trinajstić information content (AvgIpc) is 2.34. The summed E-state index contributed by atoms with van der Waals surface area (Å²) in [5, 5.41) is 74.4. The highest BCUT2D eigenvalue weighted by atomic mass is 16.4. The van der Waals surface area contributed by atoms with Gasteiger partial charge in [0.15, 0.2) is 5.60 Å². The number of aliphatic hydroxyl groups is 2. The summed E-state index contributed by atoms with van der Waals surface area (Å²) in [6.07, 6.45) is -5.16. The van der Waals surface area contributed by atoms with Crippen LogP contribution in [-0.4, -0.2) is 67.4 Å². The molecule has 0 aliphatic heterocycles. The molecule has 0 spiro atoms. The zero-order valence-electron chi connectivity index (χ0n) is 16.7. The van der Waals surface area contributed by atoms with Crippen LogP contribution < -0.4 is 45.0 Å². The average molecular weight is 452 g/mol. The number of hydrogen-bond donors (Lipinski definition) is 8. The second kappa shape index (κ2) is 16.5. The highest BCUT2D eigenvalue weighted by Crippen LogP contribution is 2.15. The number of quaternary nitrogens is 4. The van der Waals surface area contributed by atoms with Gasteiger partial charge in [0, 0.05) is 37.2 Å². The maximum Gasteiger partial charge on any atom is 0.336 e. The topological polar surface area (TPSA) is 422 Å². The first-order valence-corrected chi connectivity index (χ1v) is 6.26. The normalized spacial score (nSPS) is 11.0. The molecule has 0 aromatic heterocycles. The van der Waals surface area contributed by atoms with Crippen molar-refractivity contribution < 1.29 is 69.6 Å². The Hall–Kier alpha value is -3.42. The van der Waals surface area contributed by atoms with Crippen molar-refractivity contribution in [1.82, 2.24) is 24.6 Å². The predicted octanol–water partition coefficient (Wildman–Crippen LogP) is -6.33. The van der Waals surface area contributed by atoms with E-state index in [2.05, 4.69) is 0 Å². The van der Waals surface area contributed by atoms with Crippen molar-refractivity contribution in [3.63, 3.8) is 0 Å². The first-order valence-electron chi connectivity index (χ1n) is 6.26. The number of carboxylic acid groups (broad SMARTS) is 6. The maximum absolute atomic E-state index is 10.3. The highest BCUT2D eigenvalue weighted by Gasteiger charge is 2.38. The molecular formula is C12H28N4O14. The van der Waals surface area contributed by atoms with Crippen molar-refractivity contribution in [3.05, 3.63) is 0 Å². The molecule has 0 radical (unpaired) electrons. The Bertz CT molecular complexity index is 524.